The van der Waals surface area contributed by atoms with E-state index in [0.29, 0.717) is 0 Å². The van der Waals surface area contributed by atoms with E-state index in [2.05, 4.69) is 10.6 Å². The standard InChI is InChI=1S/C15H17NO2/c1-10(15(17)18)13-9-16(8-11-6-7-11)14-5-3-2-4-12(13)14/h2-5,9-11H,6-8H2,1H3,(H,17,18). The first-order valence-electron chi connectivity index (χ1n) is 6.47. The molecule has 18 heavy (non-hydrogen) atoms. The first kappa shape index (κ1) is 11.3. The SMILES string of the molecule is CC(C(=O)O)c1cn(CC2CC2)c2ccccc12. The molecule has 0 amide bonds. The average molecular weight is 243 g/mol. The van der Waals surface area contributed by atoms with Gasteiger partial charge in [-0.2, -0.15) is 0 Å². The van der Waals surface area contributed by atoms with E-state index < -0.39 is 11.9 Å². The van der Waals surface area contributed by atoms with Crippen molar-refractivity contribution in [2.45, 2.75) is 32.2 Å². The van der Waals surface area contributed by atoms with Crippen LogP contribution in [0.3, 0.4) is 0 Å². The van der Waals surface area contributed by atoms with Crippen molar-refractivity contribution in [3.05, 3.63) is 36.0 Å². The number of aromatic nitrogens is 1. The Kier molecular flexibility index (Phi) is 2.62. The van der Waals surface area contributed by atoms with Crippen molar-refractivity contribution in [3.63, 3.8) is 0 Å². The molecule has 0 bridgehead atoms. The third-order valence-corrected chi connectivity index (χ3v) is 3.81. The van der Waals surface area contributed by atoms with Gasteiger partial charge in [0.15, 0.2) is 0 Å². The number of para-hydroxylation sites is 1. The van der Waals surface area contributed by atoms with Crippen LogP contribution in [0.15, 0.2) is 30.5 Å². The van der Waals surface area contributed by atoms with Gasteiger partial charge in [0.1, 0.15) is 0 Å². The molecule has 2 aromatic rings. The Balaban J connectivity index is 2.10. The van der Waals surface area contributed by atoms with Crippen LogP contribution in [0.25, 0.3) is 10.9 Å². The minimum atomic E-state index is -0.760. The lowest BCUT2D eigenvalue weighted by atomic mass is 10.0. The number of hydrogen-bond acceptors (Lipinski definition) is 1. The van der Waals surface area contributed by atoms with Crippen molar-refractivity contribution in [2.75, 3.05) is 0 Å². The fourth-order valence-corrected chi connectivity index (χ4v) is 2.48. The van der Waals surface area contributed by atoms with Crippen molar-refractivity contribution in [1.82, 2.24) is 4.57 Å². The fraction of sp³-hybridized carbons (Fsp3) is 0.400. The molecule has 1 saturated carbocycles. The van der Waals surface area contributed by atoms with Gasteiger partial charge in [-0.15, -0.1) is 0 Å². The molecule has 0 spiro atoms. The maximum atomic E-state index is 11.2. The number of carboxylic acid groups (broad SMARTS) is 1. The van der Waals surface area contributed by atoms with Gasteiger partial charge in [0.25, 0.3) is 0 Å². The molecule has 1 aromatic heterocycles. The number of fused-ring (bicyclic) bond motifs is 1. The smallest absolute Gasteiger partial charge is 0.310 e. The van der Waals surface area contributed by atoms with E-state index in [1.54, 1.807) is 6.92 Å². The van der Waals surface area contributed by atoms with Crippen molar-refractivity contribution in [2.24, 2.45) is 5.92 Å². The maximum absolute atomic E-state index is 11.2. The van der Waals surface area contributed by atoms with Crippen LogP contribution in [-0.2, 0) is 11.3 Å². The van der Waals surface area contributed by atoms with Crippen molar-refractivity contribution >= 4 is 16.9 Å². The molecule has 3 rings (SSSR count). The first-order chi connectivity index (χ1) is 8.66. The van der Waals surface area contributed by atoms with Gasteiger partial charge >= 0.3 is 5.97 Å². The molecule has 1 aliphatic rings. The van der Waals surface area contributed by atoms with Crippen LogP contribution in [0.4, 0.5) is 0 Å². The molecular weight excluding hydrogens is 226 g/mol. The molecule has 3 nitrogen and oxygen atoms in total. The van der Waals surface area contributed by atoms with E-state index >= 15 is 0 Å². The summed E-state index contributed by atoms with van der Waals surface area (Å²) in [5.74, 6) is -0.423. The summed E-state index contributed by atoms with van der Waals surface area (Å²) >= 11 is 0. The zero-order valence-corrected chi connectivity index (χ0v) is 10.5. The molecule has 1 aromatic carbocycles. The maximum Gasteiger partial charge on any atom is 0.310 e. The van der Waals surface area contributed by atoms with Gasteiger partial charge in [-0.25, -0.2) is 0 Å². The van der Waals surface area contributed by atoms with E-state index in [-0.39, 0.29) is 0 Å². The van der Waals surface area contributed by atoms with Crippen LogP contribution in [0, 0.1) is 5.92 Å². The van der Waals surface area contributed by atoms with Gasteiger partial charge in [-0.1, -0.05) is 18.2 Å². The number of rotatable bonds is 4. The monoisotopic (exact) mass is 243 g/mol. The third-order valence-electron chi connectivity index (χ3n) is 3.81. The molecule has 1 heterocycles. The largest absolute Gasteiger partial charge is 0.481 e. The number of carbonyl (C=O) groups is 1. The van der Waals surface area contributed by atoms with E-state index in [1.807, 2.05) is 24.4 Å². The van der Waals surface area contributed by atoms with Crippen LogP contribution in [-0.4, -0.2) is 15.6 Å². The van der Waals surface area contributed by atoms with Gasteiger partial charge in [-0.05, 0) is 37.3 Å². The normalized spacial score (nSPS) is 16.9. The lowest BCUT2D eigenvalue weighted by Gasteiger charge is -2.03. The summed E-state index contributed by atoms with van der Waals surface area (Å²) in [4.78, 5) is 11.2. The van der Waals surface area contributed by atoms with Gasteiger partial charge < -0.3 is 9.67 Å². The molecule has 1 fully saturated rings. The molecule has 1 unspecified atom stereocenters. The molecule has 94 valence electrons. The summed E-state index contributed by atoms with van der Waals surface area (Å²) in [6.07, 6.45) is 4.63. The Morgan fingerprint density at radius 1 is 1.44 bits per heavy atom. The van der Waals surface area contributed by atoms with Crippen molar-refractivity contribution < 1.29 is 9.90 Å². The van der Waals surface area contributed by atoms with E-state index in [4.69, 9.17) is 0 Å². The first-order valence-corrected chi connectivity index (χ1v) is 6.47. The molecule has 0 radical (unpaired) electrons. The van der Waals surface area contributed by atoms with Crippen molar-refractivity contribution in [3.8, 4) is 0 Å². The Morgan fingerprint density at radius 2 is 2.17 bits per heavy atom. The Morgan fingerprint density at radius 3 is 2.83 bits per heavy atom. The zero-order valence-electron chi connectivity index (χ0n) is 10.5. The second-order valence-corrected chi connectivity index (χ2v) is 5.26. The lowest BCUT2D eigenvalue weighted by Crippen LogP contribution is -2.06. The molecule has 3 heteroatoms. The molecule has 1 aliphatic carbocycles. The van der Waals surface area contributed by atoms with Crippen molar-refractivity contribution in [1.29, 1.82) is 0 Å². The van der Waals surface area contributed by atoms with Crippen LogP contribution in [0.2, 0.25) is 0 Å². The molecule has 0 aliphatic heterocycles. The summed E-state index contributed by atoms with van der Waals surface area (Å²) in [5, 5.41) is 10.3. The number of aliphatic carboxylic acids is 1. The lowest BCUT2D eigenvalue weighted by molar-refractivity contribution is -0.138. The minimum Gasteiger partial charge on any atom is -0.481 e. The average Bonchev–Trinajstić information content (AvgIpc) is 3.10. The van der Waals surface area contributed by atoms with E-state index in [9.17, 15) is 9.90 Å². The molecule has 1 N–H and O–H groups in total. The quantitative estimate of drug-likeness (QED) is 0.895. The highest BCUT2D eigenvalue weighted by molar-refractivity contribution is 5.89. The van der Waals surface area contributed by atoms with Crippen LogP contribution in [0.1, 0.15) is 31.2 Å². The molecule has 1 atom stereocenters. The number of hydrogen-bond donors (Lipinski definition) is 1. The Bertz CT molecular complexity index is 596. The second-order valence-electron chi connectivity index (χ2n) is 5.26. The highest BCUT2D eigenvalue weighted by Crippen LogP contribution is 2.34. The summed E-state index contributed by atoms with van der Waals surface area (Å²) in [7, 11) is 0. The fourth-order valence-electron chi connectivity index (χ4n) is 2.48. The van der Waals surface area contributed by atoms with Crippen LogP contribution < -0.4 is 0 Å². The van der Waals surface area contributed by atoms with Crippen LogP contribution in [0.5, 0.6) is 0 Å². The van der Waals surface area contributed by atoms with Gasteiger partial charge in [0.2, 0.25) is 0 Å². The van der Waals surface area contributed by atoms with E-state index in [0.717, 1.165) is 28.9 Å². The second kappa shape index (κ2) is 4.16. The Hall–Kier alpha value is -1.77. The molecule has 0 saturated heterocycles. The summed E-state index contributed by atoms with van der Waals surface area (Å²) in [6, 6.07) is 8.09. The van der Waals surface area contributed by atoms with Crippen LogP contribution >= 0.6 is 0 Å². The summed E-state index contributed by atoms with van der Waals surface area (Å²) in [6.45, 7) is 2.78. The number of nitrogens with zero attached hydrogens (tertiary/aromatic N) is 1. The topological polar surface area (TPSA) is 42.2 Å². The summed E-state index contributed by atoms with van der Waals surface area (Å²) < 4.78 is 2.22. The zero-order chi connectivity index (χ0) is 12.7. The van der Waals surface area contributed by atoms with E-state index in [1.165, 1.54) is 12.8 Å². The Labute approximate surface area is 106 Å². The number of benzene rings is 1. The highest BCUT2D eigenvalue weighted by atomic mass is 16.4. The third kappa shape index (κ3) is 1.90. The number of carboxylic acids is 1. The predicted molar refractivity (Wildman–Crippen MR) is 70.7 cm³/mol. The van der Waals surface area contributed by atoms with Gasteiger partial charge in [-0.3, -0.25) is 4.79 Å². The molecular formula is C15H17NO2. The predicted octanol–water partition coefficient (Wildman–Crippen LogP) is 3.24. The summed E-state index contributed by atoms with van der Waals surface area (Å²) in [5.41, 5.74) is 2.09. The van der Waals surface area contributed by atoms with Gasteiger partial charge in [0.05, 0.1) is 5.92 Å². The minimum absolute atomic E-state index is 0.449. The highest BCUT2D eigenvalue weighted by Gasteiger charge is 2.24. The van der Waals surface area contributed by atoms with Gasteiger partial charge in [0, 0.05) is 23.6 Å².